The topological polar surface area (TPSA) is 86.6 Å². The van der Waals surface area contributed by atoms with Crippen molar-refractivity contribution in [1.82, 2.24) is 9.97 Å². The molecule has 15 heavy (non-hydrogen) atoms. The summed E-state index contributed by atoms with van der Waals surface area (Å²) in [5.41, 5.74) is 1.32. The summed E-state index contributed by atoms with van der Waals surface area (Å²) in [6, 6.07) is 4.74. The van der Waals surface area contributed by atoms with Gasteiger partial charge in [-0.1, -0.05) is 0 Å². The Bertz CT molecular complexity index is 664. The molecule has 0 radical (unpaired) electrons. The summed E-state index contributed by atoms with van der Waals surface area (Å²) >= 11 is 0. The quantitative estimate of drug-likeness (QED) is 0.772. The second-order valence-corrected chi connectivity index (χ2v) is 5.14. The van der Waals surface area contributed by atoms with Crippen molar-refractivity contribution in [3.05, 3.63) is 24.0 Å². The SMILES string of the molecule is CS(=O)(=O)c1cc2nc[nH]c2cc1C#N. The minimum Gasteiger partial charge on any atom is -0.345 e. The van der Waals surface area contributed by atoms with E-state index >= 15 is 0 Å². The van der Waals surface area contributed by atoms with E-state index < -0.39 is 9.84 Å². The summed E-state index contributed by atoms with van der Waals surface area (Å²) in [6.45, 7) is 0. The molecule has 1 N–H and O–H groups in total. The average molecular weight is 221 g/mol. The summed E-state index contributed by atoms with van der Waals surface area (Å²) in [5, 5.41) is 8.83. The predicted molar refractivity (Wildman–Crippen MR) is 53.9 cm³/mol. The number of sulfone groups is 1. The maximum atomic E-state index is 11.4. The molecule has 0 saturated heterocycles. The van der Waals surface area contributed by atoms with Gasteiger partial charge >= 0.3 is 0 Å². The van der Waals surface area contributed by atoms with E-state index in [0.29, 0.717) is 11.0 Å². The van der Waals surface area contributed by atoms with Gasteiger partial charge in [0.1, 0.15) is 6.07 Å². The smallest absolute Gasteiger partial charge is 0.176 e. The predicted octanol–water partition coefficient (Wildman–Crippen LogP) is 0.838. The zero-order valence-corrected chi connectivity index (χ0v) is 8.67. The molecule has 0 spiro atoms. The van der Waals surface area contributed by atoms with Gasteiger partial charge in [0.25, 0.3) is 0 Å². The third kappa shape index (κ3) is 1.57. The monoisotopic (exact) mass is 221 g/mol. The van der Waals surface area contributed by atoms with Crippen LogP contribution >= 0.6 is 0 Å². The molecule has 1 aromatic carbocycles. The molecule has 0 aliphatic heterocycles. The van der Waals surface area contributed by atoms with Gasteiger partial charge < -0.3 is 4.98 Å². The molecular formula is C9H7N3O2S. The van der Waals surface area contributed by atoms with Crippen molar-refractivity contribution >= 4 is 20.9 Å². The summed E-state index contributed by atoms with van der Waals surface area (Å²) in [5.74, 6) is 0. The lowest BCUT2D eigenvalue weighted by Crippen LogP contribution is -2.00. The van der Waals surface area contributed by atoms with Crippen LogP contribution in [0.15, 0.2) is 23.4 Å². The third-order valence-corrected chi connectivity index (χ3v) is 3.18. The van der Waals surface area contributed by atoms with Gasteiger partial charge in [0.2, 0.25) is 0 Å². The Hall–Kier alpha value is -1.87. The minimum absolute atomic E-state index is 0.0181. The summed E-state index contributed by atoms with van der Waals surface area (Å²) < 4.78 is 22.8. The lowest BCUT2D eigenvalue weighted by atomic mass is 10.2. The molecule has 0 saturated carbocycles. The molecule has 2 aromatic rings. The van der Waals surface area contributed by atoms with Crippen LogP contribution in [0.2, 0.25) is 0 Å². The van der Waals surface area contributed by atoms with Crippen molar-refractivity contribution in [2.75, 3.05) is 6.26 Å². The molecule has 0 unspecified atom stereocenters. The third-order valence-electron chi connectivity index (χ3n) is 2.04. The summed E-state index contributed by atoms with van der Waals surface area (Å²) in [6.07, 6.45) is 2.53. The molecule has 2 rings (SSSR count). The molecule has 1 aromatic heterocycles. The van der Waals surface area contributed by atoms with Gasteiger partial charge in [-0.25, -0.2) is 13.4 Å². The van der Waals surface area contributed by atoms with Crippen molar-refractivity contribution in [3.8, 4) is 6.07 Å². The largest absolute Gasteiger partial charge is 0.345 e. The zero-order valence-electron chi connectivity index (χ0n) is 7.85. The Morgan fingerprint density at radius 3 is 2.80 bits per heavy atom. The number of aromatic amines is 1. The van der Waals surface area contributed by atoms with Crippen LogP contribution in [0.1, 0.15) is 5.56 Å². The maximum Gasteiger partial charge on any atom is 0.176 e. The van der Waals surface area contributed by atoms with Crippen LogP contribution in [-0.4, -0.2) is 24.6 Å². The van der Waals surface area contributed by atoms with E-state index in [0.717, 1.165) is 6.26 Å². The second-order valence-electron chi connectivity index (χ2n) is 3.15. The van der Waals surface area contributed by atoms with Crippen LogP contribution in [0.4, 0.5) is 0 Å². The number of rotatable bonds is 1. The number of hydrogen-bond donors (Lipinski definition) is 1. The van der Waals surface area contributed by atoms with E-state index in [4.69, 9.17) is 5.26 Å². The molecule has 0 aliphatic carbocycles. The Morgan fingerprint density at radius 1 is 1.47 bits per heavy atom. The average Bonchev–Trinajstić information content (AvgIpc) is 2.60. The van der Waals surface area contributed by atoms with Crippen LogP contribution < -0.4 is 0 Å². The fourth-order valence-electron chi connectivity index (χ4n) is 1.36. The molecule has 1 heterocycles. The number of aromatic nitrogens is 2. The number of nitrogens with zero attached hydrogens (tertiary/aromatic N) is 2. The van der Waals surface area contributed by atoms with Gasteiger partial charge in [-0.2, -0.15) is 5.26 Å². The highest BCUT2D eigenvalue weighted by molar-refractivity contribution is 7.90. The Morgan fingerprint density at radius 2 is 2.20 bits per heavy atom. The van der Waals surface area contributed by atoms with Gasteiger partial charge in [-0.3, -0.25) is 0 Å². The van der Waals surface area contributed by atoms with Crippen LogP contribution in [0.5, 0.6) is 0 Å². The highest BCUT2D eigenvalue weighted by Crippen LogP contribution is 2.20. The number of fused-ring (bicyclic) bond motifs is 1. The van der Waals surface area contributed by atoms with Crippen LogP contribution in [0.3, 0.4) is 0 Å². The molecule has 5 nitrogen and oxygen atoms in total. The standard InChI is InChI=1S/C9H7N3O2S/c1-15(13,14)9-3-8-7(11-5-12-8)2-6(9)4-10/h2-3,5H,1H3,(H,11,12). The van der Waals surface area contributed by atoms with E-state index in [-0.39, 0.29) is 10.5 Å². The highest BCUT2D eigenvalue weighted by atomic mass is 32.2. The van der Waals surface area contributed by atoms with E-state index in [1.165, 1.54) is 18.5 Å². The normalized spacial score (nSPS) is 11.5. The van der Waals surface area contributed by atoms with Crippen molar-refractivity contribution in [3.63, 3.8) is 0 Å². The zero-order chi connectivity index (χ0) is 11.1. The number of nitrogens with one attached hydrogen (secondary N) is 1. The Labute approximate surface area is 86.3 Å². The summed E-state index contributed by atoms with van der Waals surface area (Å²) in [7, 11) is -3.39. The summed E-state index contributed by atoms with van der Waals surface area (Å²) in [4.78, 5) is 6.77. The van der Waals surface area contributed by atoms with Gasteiger partial charge in [0.05, 0.1) is 27.8 Å². The number of imidazole rings is 1. The lowest BCUT2D eigenvalue weighted by molar-refractivity contribution is 0.601. The fraction of sp³-hybridized carbons (Fsp3) is 0.111. The Balaban J connectivity index is 2.89. The maximum absolute atomic E-state index is 11.4. The van der Waals surface area contributed by atoms with E-state index in [9.17, 15) is 8.42 Å². The molecule has 6 heteroatoms. The molecular weight excluding hydrogens is 214 g/mol. The van der Waals surface area contributed by atoms with Crippen LogP contribution in [0.25, 0.3) is 11.0 Å². The first-order chi connectivity index (χ1) is 7.02. The Kier molecular flexibility index (Phi) is 1.98. The molecule has 0 fully saturated rings. The first-order valence-corrected chi connectivity index (χ1v) is 5.99. The molecule has 0 amide bonds. The van der Waals surface area contributed by atoms with Gasteiger partial charge in [-0.15, -0.1) is 0 Å². The highest BCUT2D eigenvalue weighted by Gasteiger charge is 2.15. The lowest BCUT2D eigenvalue weighted by Gasteiger charge is -2.00. The van der Waals surface area contributed by atoms with Crippen LogP contribution in [0, 0.1) is 11.3 Å². The number of nitriles is 1. The molecule has 76 valence electrons. The minimum atomic E-state index is -3.39. The first kappa shape index (κ1) is 9.68. The van der Waals surface area contributed by atoms with E-state index in [1.54, 1.807) is 0 Å². The molecule has 0 atom stereocenters. The fourth-order valence-corrected chi connectivity index (χ4v) is 2.19. The van der Waals surface area contributed by atoms with Gasteiger partial charge in [-0.05, 0) is 12.1 Å². The van der Waals surface area contributed by atoms with Crippen molar-refractivity contribution in [2.24, 2.45) is 0 Å². The van der Waals surface area contributed by atoms with Gasteiger partial charge in [0, 0.05) is 6.26 Å². The van der Waals surface area contributed by atoms with E-state index in [1.807, 2.05) is 6.07 Å². The van der Waals surface area contributed by atoms with Crippen molar-refractivity contribution < 1.29 is 8.42 Å². The van der Waals surface area contributed by atoms with Crippen molar-refractivity contribution in [2.45, 2.75) is 4.90 Å². The number of H-pyrrole nitrogens is 1. The molecule has 0 bridgehead atoms. The number of benzene rings is 1. The second kappa shape index (κ2) is 3.07. The van der Waals surface area contributed by atoms with Crippen molar-refractivity contribution in [1.29, 1.82) is 5.26 Å². The van der Waals surface area contributed by atoms with E-state index in [2.05, 4.69) is 9.97 Å². The number of hydrogen-bond acceptors (Lipinski definition) is 4. The van der Waals surface area contributed by atoms with Gasteiger partial charge in [0.15, 0.2) is 9.84 Å². The van der Waals surface area contributed by atoms with Crippen LogP contribution in [-0.2, 0) is 9.84 Å². The first-order valence-electron chi connectivity index (χ1n) is 4.09. The molecule has 0 aliphatic rings.